The summed E-state index contributed by atoms with van der Waals surface area (Å²) < 4.78 is 13.1. The van der Waals surface area contributed by atoms with Crippen molar-refractivity contribution in [2.75, 3.05) is 13.1 Å². The number of halogens is 1. The highest BCUT2D eigenvalue weighted by Gasteiger charge is 2.24. The maximum Gasteiger partial charge on any atom is 0.227 e. The van der Waals surface area contributed by atoms with Crippen LogP contribution in [0.3, 0.4) is 0 Å². The first-order valence-corrected chi connectivity index (χ1v) is 10.0. The van der Waals surface area contributed by atoms with Crippen molar-refractivity contribution in [2.24, 2.45) is 0 Å². The molecule has 0 saturated carbocycles. The number of hydrogen-bond acceptors (Lipinski definition) is 3. The molecular weight excluding hydrogens is 365 g/mol. The fourth-order valence-electron chi connectivity index (χ4n) is 3.85. The van der Waals surface area contributed by atoms with E-state index in [4.69, 9.17) is 4.98 Å². The van der Waals surface area contributed by atoms with E-state index in [2.05, 4.69) is 11.1 Å². The fraction of sp³-hybridized carbons (Fsp3) is 0.292. The zero-order chi connectivity index (χ0) is 20.1. The standard InChI is InChI=1S/C24H24FN3O/c25-21-8-6-18(7-9-21)15-22-4-1-5-23(27-22)20-10-13-28(14-11-20)24(29)16-19-3-2-12-26-17-19/h1-9,12,17,20H,10-11,13-16H2. The smallest absolute Gasteiger partial charge is 0.227 e. The summed E-state index contributed by atoms with van der Waals surface area (Å²) >= 11 is 0. The molecule has 0 atom stereocenters. The lowest BCUT2D eigenvalue weighted by molar-refractivity contribution is -0.131. The highest BCUT2D eigenvalue weighted by Crippen LogP contribution is 2.27. The molecule has 5 heteroatoms. The molecule has 0 spiro atoms. The van der Waals surface area contributed by atoms with Gasteiger partial charge in [0.15, 0.2) is 0 Å². The molecule has 0 aliphatic carbocycles. The first-order valence-electron chi connectivity index (χ1n) is 10.0. The molecule has 1 saturated heterocycles. The molecule has 0 N–H and O–H groups in total. The van der Waals surface area contributed by atoms with Crippen molar-refractivity contribution in [1.82, 2.24) is 14.9 Å². The Hall–Kier alpha value is -3.08. The van der Waals surface area contributed by atoms with Crippen molar-refractivity contribution in [3.63, 3.8) is 0 Å². The molecule has 148 valence electrons. The van der Waals surface area contributed by atoms with E-state index in [1.807, 2.05) is 29.2 Å². The van der Waals surface area contributed by atoms with E-state index in [0.717, 1.165) is 48.4 Å². The van der Waals surface area contributed by atoms with Gasteiger partial charge in [-0.05, 0) is 54.3 Å². The van der Waals surface area contributed by atoms with Crippen molar-refractivity contribution in [3.8, 4) is 0 Å². The van der Waals surface area contributed by atoms with Gasteiger partial charge in [-0.15, -0.1) is 0 Å². The monoisotopic (exact) mass is 389 g/mol. The van der Waals surface area contributed by atoms with Gasteiger partial charge in [-0.25, -0.2) is 4.39 Å². The number of nitrogens with zero attached hydrogens (tertiary/aromatic N) is 3. The van der Waals surface area contributed by atoms with Crippen LogP contribution in [0.15, 0.2) is 67.0 Å². The van der Waals surface area contributed by atoms with Gasteiger partial charge >= 0.3 is 0 Å². The predicted octanol–water partition coefficient (Wildman–Crippen LogP) is 4.16. The van der Waals surface area contributed by atoms with E-state index in [0.29, 0.717) is 18.8 Å². The number of pyridine rings is 2. The molecule has 1 aliphatic rings. The lowest BCUT2D eigenvalue weighted by Crippen LogP contribution is -2.39. The molecule has 29 heavy (non-hydrogen) atoms. The number of amides is 1. The average Bonchev–Trinajstić information content (AvgIpc) is 2.76. The van der Waals surface area contributed by atoms with Gasteiger partial charge < -0.3 is 4.90 Å². The van der Waals surface area contributed by atoms with E-state index in [1.54, 1.807) is 24.5 Å². The highest BCUT2D eigenvalue weighted by atomic mass is 19.1. The van der Waals surface area contributed by atoms with Gasteiger partial charge in [0, 0.05) is 49.2 Å². The molecule has 1 aliphatic heterocycles. The van der Waals surface area contributed by atoms with Gasteiger partial charge in [0.25, 0.3) is 0 Å². The largest absolute Gasteiger partial charge is 0.342 e. The maximum absolute atomic E-state index is 13.1. The Morgan fingerprint density at radius 2 is 1.79 bits per heavy atom. The number of rotatable bonds is 5. The van der Waals surface area contributed by atoms with Crippen molar-refractivity contribution in [2.45, 2.75) is 31.6 Å². The van der Waals surface area contributed by atoms with Crippen molar-refractivity contribution >= 4 is 5.91 Å². The Labute approximate surface area is 170 Å². The van der Waals surface area contributed by atoms with Crippen LogP contribution < -0.4 is 0 Å². The van der Waals surface area contributed by atoms with Gasteiger partial charge in [0.2, 0.25) is 5.91 Å². The van der Waals surface area contributed by atoms with E-state index >= 15 is 0 Å². The van der Waals surface area contributed by atoms with Gasteiger partial charge in [0.05, 0.1) is 6.42 Å². The first-order chi connectivity index (χ1) is 14.2. The molecule has 3 aromatic rings. The molecule has 4 rings (SSSR count). The molecule has 0 bridgehead atoms. The normalized spacial score (nSPS) is 14.7. The summed E-state index contributed by atoms with van der Waals surface area (Å²) in [6, 6.07) is 16.5. The van der Waals surface area contributed by atoms with Gasteiger partial charge in [0.1, 0.15) is 5.82 Å². The molecule has 1 aromatic carbocycles. The fourth-order valence-corrected chi connectivity index (χ4v) is 3.85. The van der Waals surface area contributed by atoms with Crippen molar-refractivity contribution in [3.05, 3.63) is 95.3 Å². The third-order valence-electron chi connectivity index (χ3n) is 5.47. The topological polar surface area (TPSA) is 46.1 Å². The highest BCUT2D eigenvalue weighted by molar-refractivity contribution is 5.78. The van der Waals surface area contributed by atoms with Crippen LogP contribution in [0.5, 0.6) is 0 Å². The molecule has 3 heterocycles. The summed E-state index contributed by atoms with van der Waals surface area (Å²) in [7, 11) is 0. The third kappa shape index (κ3) is 5.05. The van der Waals surface area contributed by atoms with Gasteiger partial charge in [-0.1, -0.05) is 24.3 Å². The zero-order valence-corrected chi connectivity index (χ0v) is 16.3. The van der Waals surface area contributed by atoms with Gasteiger partial charge in [-0.2, -0.15) is 0 Å². The maximum atomic E-state index is 13.1. The zero-order valence-electron chi connectivity index (χ0n) is 16.3. The predicted molar refractivity (Wildman–Crippen MR) is 110 cm³/mol. The van der Waals surface area contributed by atoms with Crippen LogP contribution in [-0.2, 0) is 17.6 Å². The van der Waals surface area contributed by atoms with Crippen molar-refractivity contribution in [1.29, 1.82) is 0 Å². The summed E-state index contributed by atoms with van der Waals surface area (Å²) in [5.74, 6) is 0.306. The van der Waals surface area contributed by atoms with E-state index in [-0.39, 0.29) is 11.7 Å². The number of carbonyl (C=O) groups is 1. The van der Waals surface area contributed by atoms with E-state index in [1.165, 1.54) is 12.1 Å². The number of benzene rings is 1. The summed E-state index contributed by atoms with van der Waals surface area (Å²) in [5.41, 5.74) is 4.08. The number of carbonyl (C=O) groups excluding carboxylic acids is 1. The quantitative estimate of drug-likeness (QED) is 0.658. The molecule has 0 unspecified atom stereocenters. The van der Waals surface area contributed by atoms with Gasteiger partial charge in [-0.3, -0.25) is 14.8 Å². The second-order valence-electron chi connectivity index (χ2n) is 7.55. The Morgan fingerprint density at radius 1 is 1.00 bits per heavy atom. The number of hydrogen-bond donors (Lipinski definition) is 0. The van der Waals surface area contributed by atoms with Crippen LogP contribution in [0, 0.1) is 5.82 Å². The number of likely N-dealkylation sites (tertiary alicyclic amines) is 1. The molecule has 4 nitrogen and oxygen atoms in total. The van der Waals surface area contributed by atoms with Crippen LogP contribution in [0.25, 0.3) is 0 Å². The Bertz CT molecular complexity index is 951. The second kappa shape index (κ2) is 8.95. The summed E-state index contributed by atoms with van der Waals surface area (Å²) in [4.78, 5) is 23.4. The first kappa shape index (κ1) is 19.2. The van der Waals surface area contributed by atoms with Crippen LogP contribution in [0.2, 0.25) is 0 Å². The second-order valence-corrected chi connectivity index (χ2v) is 7.55. The SMILES string of the molecule is O=C(Cc1cccnc1)N1CCC(c2cccc(Cc3ccc(F)cc3)n2)CC1. The lowest BCUT2D eigenvalue weighted by Gasteiger charge is -2.32. The molecule has 1 fully saturated rings. The Kier molecular flexibility index (Phi) is 5.94. The minimum atomic E-state index is -0.222. The summed E-state index contributed by atoms with van der Waals surface area (Å²) in [6.07, 6.45) is 6.41. The molecular formula is C24H24FN3O. The lowest BCUT2D eigenvalue weighted by atomic mass is 9.92. The minimum Gasteiger partial charge on any atom is -0.342 e. The Balaban J connectivity index is 1.34. The number of aromatic nitrogens is 2. The molecule has 1 amide bonds. The van der Waals surface area contributed by atoms with Crippen LogP contribution >= 0.6 is 0 Å². The summed E-state index contributed by atoms with van der Waals surface area (Å²) in [5, 5.41) is 0. The van der Waals surface area contributed by atoms with Crippen LogP contribution in [0.4, 0.5) is 4.39 Å². The minimum absolute atomic E-state index is 0.162. The molecule has 2 aromatic heterocycles. The number of piperidine rings is 1. The van der Waals surface area contributed by atoms with Crippen molar-refractivity contribution < 1.29 is 9.18 Å². The summed E-state index contributed by atoms with van der Waals surface area (Å²) in [6.45, 7) is 1.52. The van der Waals surface area contributed by atoms with Crippen LogP contribution in [-0.4, -0.2) is 33.9 Å². The Morgan fingerprint density at radius 3 is 2.52 bits per heavy atom. The molecule has 0 radical (unpaired) electrons. The average molecular weight is 389 g/mol. The van der Waals surface area contributed by atoms with E-state index in [9.17, 15) is 9.18 Å². The van der Waals surface area contributed by atoms with E-state index < -0.39 is 0 Å². The van der Waals surface area contributed by atoms with Crippen LogP contribution in [0.1, 0.15) is 41.3 Å². The third-order valence-corrected chi connectivity index (χ3v) is 5.47.